The van der Waals surface area contributed by atoms with E-state index in [-0.39, 0.29) is 35.1 Å². The molecule has 0 aliphatic heterocycles. The number of aromatic nitrogens is 4. The summed E-state index contributed by atoms with van der Waals surface area (Å²) in [6.07, 6.45) is 0.215. The van der Waals surface area contributed by atoms with E-state index in [1.807, 2.05) is 13.8 Å². The van der Waals surface area contributed by atoms with Crippen LogP contribution in [0.5, 0.6) is 0 Å². The molecule has 0 radical (unpaired) electrons. The van der Waals surface area contributed by atoms with E-state index in [9.17, 15) is 14.3 Å². The predicted octanol–water partition coefficient (Wildman–Crippen LogP) is 3.69. The third-order valence-electron chi connectivity index (χ3n) is 5.18. The molecular weight excluding hydrogens is 477 g/mol. The zero-order valence-corrected chi connectivity index (χ0v) is 19.6. The average molecular weight is 500 g/mol. The number of carbonyl (C=O) groups is 1. The van der Waals surface area contributed by atoms with Crippen molar-refractivity contribution >= 4 is 29.2 Å². The highest BCUT2D eigenvalue weighted by molar-refractivity contribution is 6.33. The second kappa shape index (κ2) is 9.82. The molecule has 0 bridgehead atoms. The Labute approximate surface area is 204 Å². The maximum Gasteiger partial charge on any atom is 0.231 e. The minimum absolute atomic E-state index is 0.00949. The highest BCUT2D eigenvalue weighted by atomic mass is 35.5. The number of nitrogens with two attached hydrogens (primary N) is 2. The Bertz CT molecular complexity index is 1370. The highest BCUT2D eigenvalue weighted by Gasteiger charge is 2.23. The summed E-state index contributed by atoms with van der Waals surface area (Å²) >= 11 is 6.05. The Morgan fingerprint density at radius 3 is 2.66 bits per heavy atom. The molecule has 10 nitrogen and oxygen atoms in total. The number of nitrogen functional groups attached to an aromatic ring is 1. The lowest BCUT2D eigenvalue weighted by atomic mass is 10.1. The normalized spacial score (nSPS) is 12.2. The summed E-state index contributed by atoms with van der Waals surface area (Å²) in [4.78, 5) is 16.8. The molecular formula is C23H23ClFN7O3. The smallest absolute Gasteiger partial charge is 0.231 e. The fraction of sp³-hybridized carbons (Fsp3) is 0.217. The number of benzene rings is 1. The summed E-state index contributed by atoms with van der Waals surface area (Å²) in [6, 6.07) is 8.73. The number of halogens is 2. The Morgan fingerprint density at radius 2 is 2.03 bits per heavy atom. The van der Waals surface area contributed by atoms with Gasteiger partial charge in [-0.3, -0.25) is 15.1 Å². The van der Waals surface area contributed by atoms with Crippen molar-refractivity contribution in [3.8, 4) is 22.6 Å². The SMILES string of the molecule is CC(C)n1nc(-c2ccc(CC(=O)Nc3cc(-c4ccc(F)cc4Cl)no3)cn2)c(C(N)O)c1N. The van der Waals surface area contributed by atoms with E-state index < -0.39 is 12.0 Å². The molecule has 1 amide bonds. The van der Waals surface area contributed by atoms with Crippen LogP contribution >= 0.6 is 11.6 Å². The van der Waals surface area contributed by atoms with E-state index >= 15 is 0 Å². The molecule has 0 aliphatic carbocycles. The molecule has 0 saturated carbocycles. The summed E-state index contributed by atoms with van der Waals surface area (Å²) in [5.41, 5.74) is 14.4. The van der Waals surface area contributed by atoms with Crippen LogP contribution in [-0.2, 0) is 11.2 Å². The topological polar surface area (TPSA) is 158 Å². The zero-order valence-electron chi connectivity index (χ0n) is 18.9. The highest BCUT2D eigenvalue weighted by Crippen LogP contribution is 2.32. The molecule has 35 heavy (non-hydrogen) atoms. The Hall–Kier alpha value is -3.80. The van der Waals surface area contributed by atoms with Crippen molar-refractivity contribution < 1.29 is 18.8 Å². The Kier molecular flexibility index (Phi) is 6.83. The van der Waals surface area contributed by atoms with Crippen molar-refractivity contribution in [1.29, 1.82) is 0 Å². The van der Waals surface area contributed by atoms with Gasteiger partial charge in [0.25, 0.3) is 0 Å². The summed E-state index contributed by atoms with van der Waals surface area (Å²) in [5, 5.41) is 21.1. The largest absolute Gasteiger partial charge is 0.384 e. The molecule has 182 valence electrons. The Morgan fingerprint density at radius 1 is 1.26 bits per heavy atom. The predicted molar refractivity (Wildman–Crippen MR) is 129 cm³/mol. The molecule has 3 aromatic heterocycles. The first-order valence-corrected chi connectivity index (χ1v) is 11.0. The molecule has 3 heterocycles. The van der Waals surface area contributed by atoms with Crippen LogP contribution in [0.25, 0.3) is 22.6 Å². The number of pyridine rings is 1. The number of anilines is 2. The van der Waals surface area contributed by atoms with Crippen LogP contribution in [0.3, 0.4) is 0 Å². The van der Waals surface area contributed by atoms with Gasteiger partial charge >= 0.3 is 0 Å². The standard InChI is InChI=1S/C23H23ClFN7O3/c1-11(2)32-22(26)20(23(27)34)21(30-32)16-6-3-12(10-28-16)7-18(33)29-19-9-17(31-35-19)14-5-4-13(25)8-15(14)24/h3-6,8-11,23,34H,7,26-27H2,1-2H3,(H,29,33). The molecule has 1 unspecified atom stereocenters. The fourth-order valence-electron chi connectivity index (χ4n) is 3.53. The maximum absolute atomic E-state index is 13.3. The third kappa shape index (κ3) is 5.16. The van der Waals surface area contributed by atoms with Gasteiger partial charge in [-0.1, -0.05) is 22.8 Å². The second-order valence-electron chi connectivity index (χ2n) is 8.11. The molecule has 0 fully saturated rings. The van der Waals surface area contributed by atoms with Crippen molar-refractivity contribution in [2.24, 2.45) is 5.73 Å². The van der Waals surface area contributed by atoms with Crippen LogP contribution in [0.15, 0.2) is 47.1 Å². The van der Waals surface area contributed by atoms with Crippen LogP contribution in [0, 0.1) is 5.82 Å². The zero-order chi connectivity index (χ0) is 25.3. The monoisotopic (exact) mass is 499 g/mol. The van der Waals surface area contributed by atoms with Crippen LogP contribution in [0.4, 0.5) is 16.1 Å². The van der Waals surface area contributed by atoms with Crippen molar-refractivity contribution in [2.45, 2.75) is 32.5 Å². The number of nitrogens with one attached hydrogen (secondary N) is 1. The summed E-state index contributed by atoms with van der Waals surface area (Å²) < 4.78 is 20.0. The van der Waals surface area contributed by atoms with Gasteiger partial charge in [0.05, 0.1) is 22.7 Å². The van der Waals surface area contributed by atoms with Crippen LogP contribution in [0.2, 0.25) is 5.02 Å². The summed E-state index contributed by atoms with van der Waals surface area (Å²) in [7, 11) is 0. The van der Waals surface area contributed by atoms with Gasteiger partial charge < -0.3 is 21.1 Å². The first-order valence-electron chi connectivity index (χ1n) is 10.6. The molecule has 4 aromatic rings. The van der Waals surface area contributed by atoms with Crippen LogP contribution in [0.1, 0.15) is 37.2 Å². The van der Waals surface area contributed by atoms with Gasteiger partial charge in [0.1, 0.15) is 29.3 Å². The number of aliphatic hydroxyl groups excluding tert-OH is 1. The lowest BCUT2D eigenvalue weighted by Crippen LogP contribution is -2.14. The third-order valence-corrected chi connectivity index (χ3v) is 5.50. The molecule has 1 aromatic carbocycles. The van der Waals surface area contributed by atoms with Gasteiger partial charge in [-0.05, 0) is 43.7 Å². The van der Waals surface area contributed by atoms with Crippen molar-refractivity contribution in [3.05, 3.63) is 64.6 Å². The van der Waals surface area contributed by atoms with Crippen molar-refractivity contribution in [1.82, 2.24) is 19.9 Å². The molecule has 12 heteroatoms. The van der Waals surface area contributed by atoms with Gasteiger partial charge in [-0.15, -0.1) is 0 Å². The molecule has 0 spiro atoms. The van der Waals surface area contributed by atoms with E-state index in [0.717, 1.165) is 0 Å². The number of hydrogen-bond acceptors (Lipinski definition) is 8. The minimum Gasteiger partial charge on any atom is -0.384 e. The number of nitrogens with zero attached hydrogens (tertiary/aromatic N) is 4. The second-order valence-corrected chi connectivity index (χ2v) is 8.52. The lowest BCUT2D eigenvalue weighted by Gasteiger charge is -2.09. The van der Waals surface area contributed by atoms with E-state index in [2.05, 4.69) is 20.6 Å². The van der Waals surface area contributed by atoms with Crippen LogP contribution < -0.4 is 16.8 Å². The minimum atomic E-state index is -1.32. The van der Waals surface area contributed by atoms with Crippen molar-refractivity contribution in [2.75, 3.05) is 11.1 Å². The summed E-state index contributed by atoms with van der Waals surface area (Å²) in [6.45, 7) is 3.81. The van der Waals surface area contributed by atoms with Gasteiger partial charge in [0, 0.05) is 23.9 Å². The maximum atomic E-state index is 13.3. The van der Waals surface area contributed by atoms with Gasteiger partial charge in [0.2, 0.25) is 11.8 Å². The lowest BCUT2D eigenvalue weighted by molar-refractivity contribution is -0.115. The van der Waals surface area contributed by atoms with Crippen LogP contribution in [-0.4, -0.2) is 30.9 Å². The van der Waals surface area contributed by atoms with E-state index in [0.29, 0.717) is 33.8 Å². The van der Waals surface area contributed by atoms with E-state index in [1.165, 1.54) is 30.5 Å². The number of carbonyl (C=O) groups excluding carboxylic acids is 1. The van der Waals surface area contributed by atoms with Gasteiger partial charge in [-0.2, -0.15) is 5.10 Å². The number of aliphatic hydroxyl groups is 1. The summed E-state index contributed by atoms with van der Waals surface area (Å²) in [5.74, 6) is -0.448. The number of hydrogen-bond donors (Lipinski definition) is 4. The van der Waals surface area contributed by atoms with Crippen molar-refractivity contribution in [3.63, 3.8) is 0 Å². The van der Waals surface area contributed by atoms with E-state index in [4.69, 9.17) is 27.6 Å². The molecule has 0 saturated heterocycles. The quantitative estimate of drug-likeness (QED) is 0.280. The van der Waals surface area contributed by atoms with Gasteiger partial charge in [0.15, 0.2) is 0 Å². The first-order chi connectivity index (χ1) is 16.6. The average Bonchev–Trinajstić information content (AvgIpc) is 3.38. The molecule has 0 aliphatic rings. The number of amides is 1. The fourth-order valence-corrected chi connectivity index (χ4v) is 3.79. The van der Waals surface area contributed by atoms with Gasteiger partial charge in [-0.25, -0.2) is 9.07 Å². The molecule has 4 rings (SSSR count). The number of rotatable bonds is 7. The Balaban J connectivity index is 1.46. The van der Waals surface area contributed by atoms with E-state index in [1.54, 1.807) is 16.8 Å². The molecule has 6 N–H and O–H groups in total. The molecule has 1 atom stereocenters. The first kappa shape index (κ1) is 24.3.